The van der Waals surface area contributed by atoms with Gasteiger partial charge in [-0.05, 0) is 31.2 Å². The highest BCUT2D eigenvalue weighted by atomic mass is 16.3. The van der Waals surface area contributed by atoms with E-state index < -0.39 is 0 Å². The summed E-state index contributed by atoms with van der Waals surface area (Å²) in [6.45, 7) is 1.93. The summed E-state index contributed by atoms with van der Waals surface area (Å²) in [5.74, 6) is 6.18. The first-order chi connectivity index (χ1) is 5.79. The molecule has 0 unspecified atom stereocenters. The first kappa shape index (κ1) is 7.18. The molecule has 1 aromatic carbocycles. The largest absolute Gasteiger partial charge is 0.461 e. The highest BCUT2D eigenvalue weighted by Crippen LogP contribution is 2.21. The molecule has 12 heavy (non-hydrogen) atoms. The zero-order valence-electron chi connectivity index (χ0n) is 6.79. The zero-order valence-corrected chi connectivity index (χ0v) is 6.79. The molecule has 0 bridgehead atoms. The Hall–Kier alpha value is -1.48. The third kappa shape index (κ3) is 1.04. The van der Waals surface area contributed by atoms with Gasteiger partial charge in [0.15, 0.2) is 0 Å². The normalized spacial score (nSPS) is 10.5. The quantitative estimate of drug-likeness (QED) is 0.498. The van der Waals surface area contributed by atoms with E-state index in [0.717, 1.165) is 22.4 Å². The van der Waals surface area contributed by atoms with Gasteiger partial charge in [-0.3, -0.25) is 5.84 Å². The summed E-state index contributed by atoms with van der Waals surface area (Å²) in [7, 11) is 0. The third-order valence-corrected chi connectivity index (χ3v) is 1.81. The molecule has 3 N–H and O–H groups in total. The van der Waals surface area contributed by atoms with E-state index in [0.29, 0.717) is 0 Å². The van der Waals surface area contributed by atoms with Crippen LogP contribution in [0.1, 0.15) is 5.76 Å². The summed E-state index contributed by atoms with van der Waals surface area (Å²) in [4.78, 5) is 0. The summed E-state index contributed by atoms with van der Waals surface area (Å²) < 4.78 is 5.40. The van der Waals surface area contributed by atoms with Gasteiger partial charge in [0, 0.05) is 11.1 Å². The van der Waals surface area contributed by atoms with Crippen molar-refractivity contribution in [3.63, 3.8) is 0 Å². The van der Waals surface area contributed by atoms with E-state index in [1.165, 1.54) is 0 Å². The molecule has 2 rings (SSSR count). The van der Waals surface area contributed by atoms with Crippen molar-refractivity contribution in [3.8, 4) is 0 Å². The first-order valence-corrected chi connectivity index (χ1v) is 3.76. The van der Waals surface area contributed by atoms with Gasteiger partial charge in [-0.2, -0.15) is 0 Å². The smallest absolute Gasteiger partial charge is 0.134 e. The average Bonchev–Trinajstić information content (AvgIpc) is 2.43. The Bertz CT molecular complexity index is 406. The molecule has 3 nitrogen and oxygen atoms in total. The van der Waals surface area contributed by atoms with Gasteiger partial charge in [0.2, 0.25) is 0 Å². The van der Waals surface area contributed by atoms with Crippen LogP contribution in [-0.2, 0) is 0 Å². The van der Waals surface area contributed by atoms with E-state index >= 15 is 0 Å². The van der Waals surface area contributed by atoms with Crippen LogP contribution in [0.15, 0.2) is 28.7 Å². The minimum Gasteiger partial charge on any atom is -0.461 e. The Kier molecular flexibility index (Phi) is 1.52. The zero-order chi connectivity index (χ0) is 8.55. The molecule has 2 aromatic rings. The van der Waals surface area contributed by atoms with Crippen LogP contribution in [0, 0.1) is 6.92 Å². The number of benzene rings is 1. The van der Waals surface area contributed by atoms with Crippen LogP contribution in [0.25, 0.3) is 11.0 Å². The van der Waals surface area contributed by atoms with Crippen molar-refractivity contribution in [2.75, 3.05) is 5.43 Å². The molecule has 0 atom stereocenters. The second-order valence-corrected chi connectivity index (χ2v) is 2.75. The standard InChI is InChI=1S/C9H10N2O/c1-6-4-7-5-8(11-10)2-3-9(7)12-6/h2-5,11H,10H2,1H3. The van der Waals surface area contributed by atoms with Crippen LogP contribution in [-0.4, -0.2) is 0 Å². The third-order valence-electron chi connectivity index (χ3n) is 1.81. The lowest BCUT2D eigenvalue weighted by Crippen LogP contribution is -2.05. The van der Waals surface area contributed by atoms with E-state index in [4.69, 9.17) is 10.3 Å². The van der Waals surface area contributed by atoms with E-state index in [2.05, 4.69) is 5.43 Å². The Morgan fingerprint density at radius 3 is 2.92 bits per heavy atom. The van der Waals surface area contributed by atoms with Gasteiger partial charge in [0.1, 0.15) is 11.3 Å². The molecule has 0 amide bonds. The molecule has 0 radical (unpaired) electrons. The Labute approximate surface area is 70.1 Å². The van der Waals surface area contributed by atoms with Gasteiger partial charge in [-0.1, -0.05) is 0 Å². The number of rotatable bonds is 1. The number of fused-ring (bicyclic) bond motifs is 1. The average molecular weight is 162 g/mol. The topological polar surface area (TPSA) is 51.2 Å². The second kappa shape index (κ2) is 2.53. The van der Waals surface area contributed by atoms with Crippen molar-refractivity contribution < 1.29 is 4.42 Å². The number of nitrogens with one attached hydrogen (secondary N) is 1. The van der Waals surface area contributed by atoms with Gasteiger partial charge in [-0.25, -0.2) is 0 Å². The molecule has 0 saturated carbocycles. The Balaban J connectivity index is 2.66. The Morgan fingerprint density at radius 1 is 1.33 bits per heavy atom. The van der Waals surface area contributed by atoms with E-state index in [-0.39, 0.29) is 0 Å². The van der Waals surface area contributed by atoms with Gasteiger partial charge in [-0.15, -0.1) is 0 Å². The fourth-order valence-corrected chi connectivity index (χ4v) is 1.27. The van der Waals surface area contributed by atoms with Gasteiger partial charge in [0.25, 0.3) is 0 Å². The van der Waals surface area contributed by atoms with Gasteiger partial charge >= 0.3 is 0 Å². The number of hydrazine groups is 1. The summed E-state index contributed by atoms with van der Waals surface area (Å²) in [6, 6.07) is 7.71. The van der Waals surface area contributed by atoms with Gasteiger partial charge < -0.3 is 9.84 Å². The summed E-state index contributed by atoms with van der Waals surface area (Å²) in [5.41, 5.74) is 4.37. The molecule has 1 aromatic heterocycles. The lowest BCUT2D eigenvalue weighted by Gasteiger charge is -1.96. The fourth-order valence-electron chi connectivity index (χ4n) is 1.27. The predicted octanol–water partition coefficient (Wildman–Crippen LogP) is 2.03. The van der Waals surface area contributed by atoms with Crippen molar-refractivity contribution in [2.24, 2.45) is 5.84 Å². The molecule has 0 aliphatic rings. The van der Waals surface area contributed by atoms with Crippen LogP contribution < -0.4 is 11.3 Å². The molecule has 0 spiro atoms. The molecule has 3 heteroatoms. The molecule has 62 valence electrons. The SMILES string of the molecule is Cc1cc2cc(NN)ccc2o1. The lowest BCUT2D eigenvalue weighted by atomic mass is 10.2. The van der Waals surface area contributed by atoms with Crippen molar-refractivity contribution in [3.05, 3.63) is 30.0 Å². The molecule has 0 aliphatic heterocycles. The maximum Gasteiger partial charge on any atom is 0.134 e. The summed E-state index contributed by atoms with van der Waals surface area (Å²) in [5, 5.41) is 1.07. The highest BCUT2D eigenvalue weighted by Gasteiger charge is 1.99. The Morgan fingerprint density at radius 2 is 2.17 bits per heavy atom. The number of aryl methyl sites for hydroxylation is 1. The van der Waals surface area contributed by atoms with Crippen LogP contribution in [0.3, 0.4) is 0 Å². The maximum atomic E-state index is 5.40. The molecular formula is C9H10N2O. The van der Waals surface area contributed by atoms with E-state index in [1.54, 1.807) is 0 Å². The lowest BCUT2D eigenvalue weighted by molar-refractivity contribution is 0.578. The number of nitrogens with two attached hydrogens (primary N) is 1. The molecule has 0 fully saturated rings. The molecular weight excluding hydrogens is 152 g/mol. The number of furan rings is 1. The van der Waals surface area contributed by atoms with Crippen LogP contribution in [0.2, 0.25) is 0 Å². The first-order valence-electron chi connectivity index (χ1n) is 3.76. The summed E-state index contributed by atoms with van der Waals surface area (Å²) in [6.07, 6.45) is 0. The summed E-state index contributed by atoms with van der Waals surface area (Å²) >= 11 is 0. The van der Waals surface area contributed by atoms with Crippen molar-refractivity contribution in [2.45, 2.75) is 6.92 Å². The minimum absolute atomic E-state index is 0.892. The molecule has 0 saturated heterocycles. The minimum atomic E-state index is 0.892. The van der Waals surface area contributed by atoms with Crippen molar-refractivity contribution >= 4 is 16.7 Å². The predicted molar refractivity (Wildman–Crippen MR) is 48.8 cm³/mol. The molecule has 1 heterocycles. The molecule has 0 aliphatic carbocycles. The fraction of sp³-hybridized carbons (Fsp3) is 0.111. The van der Waals surface area contributed by atoms with E-state index in [1.807, 2.05) is 31.2 Å². The number of nitrogen functional groups attached to an aromatic ring is 1. The number of anilines is 1. The second-order valence-electron chi connectivity index (χ2n) is 2.75. The van der Waals surface area contributed by atoms with Crippen molar-refractivity contribution in [1.29, 1.82) is 0 Å². The number of hydrogen-bond acceptors (Lipinski definition) is 3. The van der Waals surface area contributed by atoms with Crippen molar-refractivity contribution in [1.82, 2.24) is 0 Å². The monoisotopic (exact) mass is 162 g/mol. The van der Waals surface area contributed by atoms with E-state index in [9.17, 15) is 0 Å². The van der Waals surface area contributed by atoms with Crippen LogP contribution >= 0.6 is 0 Å². The number of hydrogen-bond donors (Lipinski definition) is 2. The van der Waals surface area contributed by atoms with Gasteiger partial charge in [0.05, 0.1) is 0 Å². The van der Waals surface area contributed by atoms with Crippen LogP contribution in [0.5, 0.6) is 0 Å². The maximum absolute atomic E-state index is 5.40. The van der Waals surface area contributed by atoms with Crippen LogP contribution in [0.4, 0.5) is 5.69 Å². The highest BCUT2D eigenvalue weighted by molar-refractivity contribution is 5.81.